The van der Waals surface area contributed by atoms with Gasteiger partial charge >= 0.3 is 0 Å². The number of hydrogen-bond donors (Lipinski definition) is 2. The van der Waals surface area contributed by atoms with E-state index in [9.17, 15) is 9.90 Å². The molecule has 0 aliphatic heterocycles. The molecular weight excluding hydrogens is 274 g/mol. The summed E-state index contributed by atoms with van der Waals surface area (Å²) < 4.78 is 0. The lowest BCUT2D eigenvalue weighted by molar-refractivity contribution is 0.0852. The number of aliphatic hydroxyl groups excluding tert-OH is 1. The number of nitrogens with one attached hydrogen (secondary N) is 1. The molecule has 0 aliphatic rings. The first kappa shape index (κ1) is 14.6. The lowest BCUT2D eigenvalue weighted by atomic mass is 10.0. The summed E-state index contributed by atoms with van der Waals surface area (Å²) in [4.78, 5) is 12.0. The molecule has 4 heteroatoms. The third-order valence-corrected chi connectivity index (χ3v) is 3.33. The highest BCUT2D eigenvalue weighted by atomic mass is 35.5. The van der Waals surface area contributed by atoms with Crippen molar-refractivity contribution in [1.29, 1.82) is 0 Å². The van der Waals surface area contributed by atoms with Crippen LogP contribution in [0.2, 0.25) is 5.02 Å². The van der Waals surface area contributed by atoms with E-state index >= 15 is 0 Å². The van der Waals surface area contributed by atoms with Crippen molar-refractivity contribution in [3.8, 4) is 0 Å². The van der Waals surface area contributed by atoms with E-state index < -0.39 is 6.10 Å². The van der Waals surface area contributed by atoms with Gasteiger partial charge in [-0.15, -0.1) is 0 Å². The summed E-state index contributed by atoms with van der Waals surface area (Å²) in [7, 11) is 0. The molecule has 0 spiro atoms. The van der Waals surface area contributed by atoms with Crippen molar-refractivity contribution in [2.24, 2.45) is 0 Å². The Morgan fingerprint density at radius 2 is 1.70 bits per heavy atom. The highest BCUT2D eigenvalue weighted by Gasteiger charge is 2.18. The van der Waals surface area contributed by atoms with Crippen molar-refractivity contribution in [2.75, 3.05) is 0 Å². The van der Waals surface area contributed by atoms with E-state index in [1.807, 2.05) is 30.3 Å². The fourth-order valence-corrected chi connectivity index (χ4v) is 2.04. The Labute approximate surface area is 123 Å². The summed E-state index contributed by atoms with van der Waals surface area (Å²) in [6.07, 6.45) is -0.743. The van der Waals surface area contributed by atoms with Gasteiger partial charge in [-0.1, -0.05) is 41.9 Å². The van der Waals surface area contributed by atoms with Gasteiger partial charge in [0.2, 0.25) is 0 Å². The largest absolute Gasteiger partial charge is 0.386 e. The van der Waals surface area contributed by atoms with E-state index in [2.05, 4.69) is 5.32 Å². The normalized spacial score (nSPS) is 13.6. The SMILES string of the molecule is C[C@H](NC(=O)c1ccc(Cl)cc1)[C@@H](O)c1ccccc1. The van der Waals surface area contributed by atoms with Gasteiger partial charge < -0.3 is 10.4 Å². The molecule has 0 aromatic heterocycles. The number of rotatable bonds is 4. The van der Waals surface area contributed by atoms with Crippen molar-refractivity contribution in [2.45, 2.75) is 19.1 Å². The van der Waals surface area contributed by atoms with E-state index in [0.717, 1.165) is 5.56 Å². The number of hydrogen-bond acceptors (Lipinski definition) is 2. The molecule has 2 atom stereocenters. The number of halogens is 1. The Hall–Kier alpha value is -1.84. The molecule has 20 heavy (non-hydrogen) atoms. The van der Waals surface area contributed by atoms with Gasteiger partial charge in [0.05, 0.1) is 12.1 Å². The van der Waals surface area contributed by atoms with Crippen LogP contribution in [-0.2, 0) is 0 Å². The zero-order valence-electron chi connectivity index (χ0n) is 11.1. The van der Waals surface area contributed by atoms with Crippen LogP contribution in [0.3, 0.4) is 0 Å². The van der Waals surface area contributed by atoms with Gasteiger partial charge in [0.25, 0.3) is 5.91 Å². The number of carbonyl (C=O) groups is 1. The lowest BCUT2D eigenvalue weighted by Gasteiger charge is -2.20. The summed E-state index contributed by atoms with van der Waals surface area (Å²) in [5.74, 6) is -0.232. The van der Waals surface area contributed by atoms with Crippen LogP contribution in [-0.4, -0.2) is 17.1 Å². The molecule has 0 saturated carbocycles. The van der Waals surface area contributed by atoms with Gasteiger partial charge in [0.1, 0.15) is 0 Å². The Morgan fingerprint density at radius 3 is 2.30 bits per heavy atom. The van der Waals surface area contributed by atoms with E-state index in [4.69, 9.17) is 11.6 Å². The van der Waals surface area contributed by atoms with Gasteiger partial charge in [-0.05, 0) is 36.8 Å². The van der Waals surface area contributed by atoms with Crippen LogP contribution in [0, 0.1) is 0 Å². The molecule has 0 bridgehead atoms. The molecule has 0 saturated heterocycles. The minimum atomic E-state index is -0.743. The second-order valence-corrected chi connectivity index (χ2v) is 5.06. The van der Waals surface area contributed by atoms with Crippen molar-refractivity contribution >= 4 is 17.5 Å². The zero-order valence-corrected chi connectivity index (χ0v) is 11.8. The predicted octanol–water partition coefficient (Wildman–Crippen LogP) is 3.19. The first-order valence-electron chi connectivity index (χ1n) is 6.37. The van der Waals surface area contributed by atoms with Crippen LogP contribution in [0.15, 0.2) is 54.6 Å². The van der Waals surface area contributed by atoms with Crippen LogP contribution < -0.4 is 5.32 Å². The third-order valence-electron chi connectivity index (χ3n) is 3.08. The maximum absolute atomic E-state index is 12.0. The number of benzene rings is 2. The van der Waals surface area contributed by atoms with E-state index in [0.29, 0.717) is 10.6 Å². The quantitative estimate of drug-likeness (QED) is 0.908. The van der Waals surface area contributed by atoms with Gasteiger partial charge in [-0.2, -0.15) is 0 Å². The minimum Gasteiger partial charge on any atom is -0.386 e. The molecule has 1 amide bonds. The number of carbonyl (C=O) groups excluding carboxylic acids is 1. The lowest BCUT2D eigenvalue weighted by Crippen LogP contribution is -2.37. The molecule has 0 unspecified atom stereocenters. The van der Waals surface area contributed by atoms with E-state index in [1.165, 1.54) is 0 Å². The molecule has 0 aliphatic carbocycles. The van der Waals surface area contributed by atoms with Crippen molar-refractivity contribution < 1.29 is 9.90 Å². The second-order valence-electron chi connectivity index (χ2n) is 4.62. The summed E-state index contributed by atoms with van der Waals surface area (Å²) >= 11 is 5.78. The van der Waals surface area contributed by atoms with Crippen molar-refractivity contribution in [1.82, 2.24) is 5.32 Å². The van der Waals surface area contributed by atoms with Gasteiger partial charge in [-0.25, -0.2) is 0 Å². The number of aliphatic hydroxyl groups is 1. The molecule has 2 N–H and O–H groups in total. The van der Waals surface area contributed by atoms with Crippen LogP contribution >= 0.6 is 11.6 Å². The minimum absolute atomic E-state index is 0.232. The molecule has 0 fully saturated rings. The van der Waals surface area contributed by atoms with Crippen molar-refractivity contribution in [3.63, 3.8) is 0 Å². The third kappa shape index (κ3) is 3.59. The Bertz CT molecular complexity index is 569. The smallest absolute Gasteiger partial charge is 0.251 e. The summed E-state index contributed by atoms with van der Waals surface area (Å²) in [6.45, 7) is 1.77. The average Bonchev–Trinajstić information content (AvgIpc) is 2.48. The molecule has 2 rings (SSSR count). The first-order valence-corrected chi connectivity index (χ1v) is 6.75. The van der Waals surface area contributed by atoms with E-state index in [1.54, 1.807) is 31.2 Å². The van der Waals surface area contributed by atoms with Crippen molar-refractivity contribution in [3.05, 3.63) is 70.7 Å². The van der Waals surface area contributed by atoms with Gasteiger partial charge in [0.15, 0.2) is 0 Å². The Morgan fingerprint density at radius 1 is 1.10 bits per heavy atom. The fraction of sp³-hybridized carbons (Fsp3) is 0.188. The molecule has 3 nitrogen and oxygen atoms in total. The predicted molar refractivity (Wildman–Crippen MR) is 79.8 cm³/mol. The van der Waals surface area contributed by atoms with Crippen LogP contribution in [0.5, 0.6) is 0 Å². The molecule has 0 radical (unpaired) electrons. The molecule has 104 valence electrons. The molecule has 0 heterocycles. The fourth-order valence-electron chi connectivity index (χ4n) is 1.91. The monoisotopic (exact) mass is 289 g/mol. The second kappa shape index (κ2) is 6.55. The standard InChI is InChI=1S/C16H16ClNO2/c1-11(15(19)12-5-3-2-4-6-12)18-16(20)13-7-9-14(17)10-8-13/h2-11,15,19H,1H3,(H,18,20)/t11-,15+/m0/s1. The summed E-state index contributed by atoms with van der Waals surface area (Å²) in [6, 6.07) is 15.5. The maximum Gasteiger partial charge on any atom is 0.251 e. The molecule has 2 aromatic rings. The topological polar surface area (TPSA) is 49.3 Å². The average molecular weight is 290 g/mol. The summed E-state index contributed by atoms with van der Waals surface area (Å²) in [5.41, 5.74) is 1.29. The highest BCUT2D eigenvalue weighted by molar-refractivity contribution is 6.30. The first-order chi connectivity index (χ1) is 9.58. The highest BCUT2D eigenvalue weighted by Crippen LogP contribution is 2.17. The Balaban J connectivity index is 2.02. The van der Waals surface area contributed by atoms with Gasteiger partial charge in [-0.3, -0.25) is 4.79 Å². The zero-order chi connectivity index (χ0) is 14.5. The van der Waals surface area contributed by atoms with Crippen LogP contribution in [0.25, 0.3) is 0 Å². The van der Waals surface area contributed by atoms with Crippen LogP contribution in [0.4, 0.5) is 0 Å². The Kier molecular flexibility index (Phi) is 4.77. The van der Waals surface area contributed by atoms with Gasteiger partial charge in [0, 0.05) is 10.6 Å². The molecule has 2 aromatic carbocycles. The maximum atomic E-state index is 12.0. The summed E-state index contributed by atoms with van der Waals surface area (Å²) in [5, 5.41) is 13.6. The molecular formula is C16H16ClNO2. The van der Waals surface area contributed by atoms with Crippen LogP contribution in [0.1, 0.15) is 28.9 Å². The van der Waals surface area contributed by atoms with E-state index in [-0.39, 0.29) is 11.9 Å². The number of amides is 1.